The monoisotopic (exact) mass is 604 g/mol. The number of piperazine rings is 1. The van der Waals surface area contributed by atoms with Crippen molar-refractivity contribution in [2.24, 2.45) is 5.92 Å². The fourth-order valence-electron chi connectivity index (χ4n) is 6.36. The summed E-state index contributed by atoms with van der Waals surface area (Å²) in [6.45, 7) is 4.81. The minimum absolute atomic E-state index is 0.130. The lowest BCUT2D eigenvalue weighted by Gasteiger charge is -2.39. The van der Waals surface area contributed by atoms with Crippen LogP contribution in [0, 0.1) is 5.92 Å². The SMILES string of the molecule is COc1ccc(C2CCCCC2)cc1-c1csc(NC(=O)N2CCN(C[C@@H]3CCCN(S(=O)(=O)N(C)C)C3)CC2)n1. The molecule has 5 rings (SSSR count). The maximum Gasteiger partial charge on any atom is 0.323 e. The molecule has 1 aromatic heterocycles. The standard InChI is InChI=1S/C29H44N6O4S2/c1-32(2)41(37,38)35-13-7-8-22(20-35)19-33-14-16-34(17-15-33)29(36)31-28-30-26(21-40-28)25-18-24(11-12-27(25)39-3)23-9-5-4-6-10-23/h11-12,18,21-23H,4-10,13-17,19-20H2,1-3H3,(H,30,31,36)/t22-/m0/s1. The predicted molar refractivity (Wildman–Crippen MR) is 164 cm³/mol. The zero-order valence-electron chi connectivity index (χ0n) is 24.5. The Morgan fingerprint density at radius 2 is 1.83 bits per heavy atom. The molecule has 1 N–H and O–H groups in total. The van der Waals surface area contributed by atoms with E-state index in [4.69, 9.17) is 9.72 Å². The van der Waals surface area contributed by atoms with Crippen LogP contribution in [0.1, 0.15) is 56.4 Å². The third-order valence-electron chi connectivity index (χ3n) is 8.74. The van der Waals surface area contributed by atoms with Crippen LogP contribution in [-0.4, -0.2) is 105 Å². The van der Waals surface area contributed by atoms with Crippen molar-refractivity contribution in [3.05, 3.63) is 29.1 Å². The number of amides is 2. The number of anilines is 1. The first-order chi connectivity index (χ1) is 19.7. The number of carbonyl (C=O) groups is 1. The van der Waals surface area contributed by atoms with Crippen molar-refractivity contribution in [1.29, 1.82) is 0 Å². The van der Waals surface area contributed by atoms with E-state index in [2.05, 4.69) is 22.3 Å². The quantitative estimate of drug-likeness (QED) is 0.476. The van der Waals surface area contributed by atoms with Gasteiger partial charge < -0.3 is 9.64 Å². The average molecular weight is 605 g/mol. The van der Waals surface area contributed by atoms with Crippen LogP contribution in [0.3, 0.4) is 0 Å². The number of urea groups is 1. The predicted octanol–water partition coefficient (Wildman–Crippen LogP) is 4.53. The Morgan fingerprint density at radius 1 is 1.07 bits per heavy atom. The normalized spacial score (nSPS) is 21.8. The number of nitrogens with zero attached hydrogens (tertiary/aromatic N) is 5. The van der Waals surface area contributed by atoms with Crippen molar-refractivity contribution < 1.29 is 17.9 Å². The summed E-state index contributed by atoms with van der Waals surface area (Å²) in [6, 6.07) is 6.32. The van der Waals surface area contributed by atoms with E-state index in [0.29, 0.717) is 43.1 Å². The maximum absolute atomic E-state index is 13.1. The third kappa shape index (κ3) is 7.22. The van der Waals surface area contributed by atoms with Crippen LogP contribution in [0.2, 0.25) is 0 Å². The van der Waals surface area contributed by atoms with Crippen molar-refractivity contribution in [2.45, 2.75) is 50.9 Å². The van der Waals surface area contributed by atoms with Crippen molar-refractivity contribution in [1.82, 2.24) is 23.4 Å². The summed E-state index contributed by atoms with van der Waals surface area (Å²) >= 11 is 1.43. The van der Waals surface area contributed by atoms with E-state index in [1.165, 1.54) is 53.3 Å². The van der Waals surface area contributed by atoms with Gasteiger partial charge in [0.15, 0.2) is 5.13 Å². The van der Waals surface area contributed by atoms with E-state index < -0.39 is 10.2 Å². The summed E-state index contributed by atoms with van der Waals surface area (Å²) in [5, 5.41) is 5.57. The number of piperidine rings is 1. The molecule has 3 aliphatic rings. The minimum atomic E-state index is -3.38. The van der Waals surface area contributed by atoms with Gasteiger partial charge in [-0.2, -0.15) is 17.0 Å². The molecule has 3 fully saturated rings. The Bertz CT molecular complexity index is 1290. The fourth-order valence-corrected chi connectivity index (χ4v) is 8.28. The summed E-state index contributed by atoms with van der Waals surface area (Å²) in [5.74, 6) is 1.69. The molecule has 1 atom stereocenters. The van der Waals surface area contributed by atoms with Crippen LogP contribution >= 0.6 is 11.3 Å². The first kappa shape index (κ1) is 30.2. The number of thiazole rings is 1. The van der Waals surface area contributed by atoms with Gasteiger partial charge in [0.25, 0.3) is 10.2 Å². The third-order valence-corrected chi connectivity index (χ3v) is 11.4. The van der Waals surface area contributed by atoms with Crippen molar-refractivity contribution in [3.63, 3.8) is 0 Å². The molecule has 2 amide bonds. The molecule has 2 saturated heterocycles. The summed E-state index contributed by atoms with van der Waals surface area (Å²) in [5.41, 5.74) is 3.14. The molecule has 41 heavy (non-hydrogen) atoms. The molecular weight excluding hydrogens is 560 g/mol. The Kier molecular flexibility index (Phi) is 9.85. The van der Waals surface area contributed by atoms with Crippen LogP contribution in [0.25, 0.3) is 11.3 Å². The second-order valence-electron chi connectivity index (χ2n) is 11.7. The van der Waals surface area contributed by atoms with Gasteiger partial charge in [-0.3, -0.25) is 10.2 Å². The Morgan fingerprint density at radius 3 is 2.54 bits per heavy atom. The summed E-state index contributed by atoms with van der Waals surface area (Å²) < 4.78 is 33.7. The van der Waals surface area contributed by atoms with Gasteiger partial charge >= 0.3 is 6.03 Å². The minimum Gasteiger partial charge on any atom is -0.496 e. The molecule has 0 bridgehead atoms. The second kappa shape index (κ2) is 13.4. The smallest absolute Gasteiger partial charge is 0.323 e. The van der Waals surface area contributed by atoms with Gasteiger partial charge in [-0.05, 0) is 55.2 Å². The molecule has 12 heteroatoms. The van der Waals surface area contributed by atoms with Gasteiger partial charge in [0.2, 0.25) is 0 Å². The maximum atomic E-state index is 13.1. The molecule has 1 aliphatic carbocycles. The highest BCUT2D eigenvalue weighted by molar-refractivity contribution is 7.86. The van der Waals surface area contributed by atoms with Gasteiger partial charge in [0.05, 0.1) is 12.8 Å². The topological polar surface area (TPSA) is 98.3 Å². The second-order valence-corrected chi connectivity index (χ2v) is 14.7. The van der Waals surface area contributed by atoms with Crippen LogP contribution in [-0.2, 0) is 10.2 Å². The van der Waals surface area contributed by atoms with Crippen LogP contribution in [0.15, 0.2) is 23.6 Å². The van der Waals surface area contributed by atoms with Gasteiger partial charge in [-0.1, -0.05) is 25.3 Å². The van der Waals surface area contributed by atoms with E-state index in [1.807, 2.05) is 16.3 Å². The molecular formula is C29H44N6O4S2. The fraction of sp³-hybridized carbons (Fsp3) is 0.655. The van der Waals surface area contributed by atoms with Crippen LogP contribution < -0.4 is 10.1 Å². The lowest BCUT2D eigenvalue weighted by molar-refractivity contribution is 0.118. The zero-order valence-corrected chi connectivity index (χ0v) is 26.2. The Hall–Kier alpha value is -2.25. The number of ether oxygens (including phenoxy) is 1. The van der Waals surface area contributed by atoms with Crippen molar-refractivity contribution >= 4 is 32.7 Å². The number of methoxy groups -OCH3 is 1. The highest BCUT2D eigenvalue weighted by Crippen LogP contribution is 2.38. The lowest BCUT2D eigenvalue weighted by Crippen LogP contribution is -2.53. The highest BCUT2D eigenvalue weighted by atomic mass is 32.2. The average Bonchev–Trinajstić information content (AvgIpc) is 3.46. The molecule has 0 unspecified atom stereocenters. The molecule has 2 aliphatic heterocycles. The van der Waals surface area contributed by atoms with E-state index in [0.717, 1.165) is 49.5 Å². The van der Waals surface area contributed by atoms with Gasteiger partial charge in [0.1, 0.15) is 5.75 Å². The molecule has 1 saturated carbocycles. The number of benzene rings is 1. The number of nitrogens with one attached hydrogen (secondary N) is 1. The number of rotatable bonds is 8. The molecule has 3 heterocycles. The van der Waals surface area contributed by atoms with Crippen molar-refractivity contribution in [2.75, 3.05) is 72.3 Å². The van der Waals surface area contributed by atoms with E-state index in [-0.39, 0.29) is 6.03 Å². The highest BCUT2D eigenvalue weighted by Gasteiger charge is 2.32. The van der Waals surface area contributed by atoms with E-state index in [9.17, 15) is 13.2 Å². The number of carbonyl (C=O) groups excluding carboxylic acids is 1. The molecule has 0 spiro atoms. The number of hydrogen-bond donors (Lipinski definition) is 1. The molecule has 226 valence electrons. The molecule has 0 radical (unpaired) electrons. The molecule has 2 aromatic rings. The Balaban J connectivity index is 1.14. The van der Waals surface area contributed by atoms with Gasteiger partial charge in [-0.25, -0.2) is 9.78 Å². The first-order valence-electron chi connectivity index (χ1n) is 14.8. The summed E-state index contributed by atoms with van der Waals surface area (Å²) in [6.07, 6.45) is 8.27. The van der Waals surface area contributed by atoms with Crippen LogP contribution in [0.5, 0.6) is 5.75 Å². The van der Waals surface area contributed by atoms with E-state index in [1.54, 1.807) is 25.5 Å². The largest absolute Gasteiger partial charge is 0.496 e. The molecule has 10 nitrogen and oxygen atoms in total. The van der Waals surface area contributed by atoms with E-state index >= 15 is 0 Å². The molecule has 1 aromatic carbocycles. The summed E-state index contributed by atoms with van der Waals surface area (Å²) in [4.78, 5) is 22.0. The van der Waals surface area contributed by atoms with Gasteiger partial charge in [0, 0.05) is 70.9 Å². The number of aromatic nitrogens is 1. The van der Waals surface area contributed by atoms with Crippen molar-refractivity contribution in [3.8, 4) is 17.0 Å². The first-order valence-corrected chi connectivity index (χ1v) is 17.1. The zero-order chi connectivity index (χ0) is 29.0. The lowest BCUT2D eigenvalue weighted by atomic mass is 9.83. The van der Waals surface area contributed by atoms with Crippen LogP contribution in [0.4, 0.5) is 9.93 Å². The number of hydrogen-bond acceptors (Lipinski definition) is 7. The Labute approximate surface area is 248 Å². The summed E-state index contributed by atoms with van der Waals surface area (Å²) in [7, 11) is 1.48. The van der Waals surface area contributed by atoms with Gasteiger partial charge in [-0.15, -0.1) is 11.3 Å².